The van der Waals surface area contributed by atoms with Crippen molar-refractivity contribution in [3.05, 3.63) is 29.3 Å². The minimum absolute atomic E-state index is 0.0746. The number of amides is 1. The molecule has 80 valence electrons. The number of benzene rings is 1. The summed E-state index contributed by atoms with van der Waals surface area (Å²) in [6, 6.07) is 7.31. The summed E-state index contributed by atoms with van der Waals surface area (Å²) < 4.78 is 0. The minimum Gasteiger partial charge on any atom is -0.324 e. The summed E-state index contributed by atoms with van der Waals surface area (Å²) >= 11 is 7.67. The van der Waals surface area contributed by atoms with Crippen LogP contribution in [0.3, 0.4) is 0 Å². The van der Waals surface area contributed by atoms with Crippen molar-refractivity contribution >= 4 is 35.0 Å². The smallest absolute Gasteiger partial charge is 0.237 e. The highest BCUT2D eigenvalue weighted by molar-refractivity contribution is 8.00. The Labute approximate surface area is 98.4 Å². The molecule has 0 saturated carbocycles. The molecule has 0 radical (unpaired) electrons. The molecular formula is C11H12ClNOS. The van der Waals surface area contributed by atoms with Gasteiger partial charge in [0.2, 0.25) is 5.91 Å². The Kier molecular flexibility index (Phi) is 3.54. The molecule has 1 aliphatic rings. The highest BCUT2D eigenvalue weighted by Crippen LogP contribution is 2.28. The van der Waals surface area contributed by atoms with Gasteiger partial charge in [-0.3, -0.25) is 4.79 Å². The molecule has 2 rings (SSSR count). The molecule has 1 unspecified atom stereocenters. The Hall–Kier alpha value is -0.670. The fraction of sp³-hybridized carbons (Fsp3) is 0.364. The van der Waals surface area contributed by atoms with Crippen molar-refractivity contribution in [3.8, 4) is 0 Å². The predicted octanol–water partition coefficient (Wildman–Crippen LogP) is 3.17. The van der Waals surface area contributed by atoms with Crippen LogP contribution in [0.2, 0.25) is 5.02 Å². The van der Waals surface area contributed by atoms with Gasteiger partial charge in [0.25, 0.3) is 0 Å². The fourth-order valence-electron chi connectivity index (χ4n) is 1.56. The van der Waals surface area contributed by atoms with Crippen LogP contribution in [0.15, 0.2) is 24.3 Å². The van der Waals surface area contributed by atoms with E-state index in [1.54, 1.807) is 17.8 Å². The molecule has 1 atom stereocenters. The van der Waals surface area contributed by atoms with Gasteiger partial charge in [-0.05, 0) is 30.7 Å². The quantitative estimate of drug-likeness (QED) is 0.862. The molecule has 1 aromatic carbocycles. The zero-order chi connectivity index (χ0) is 10.7. The van der Waals surface area contributed by atoms with Gasteiger partial charge in [0.15, 0.2) is 0 Å². The first-order chi connectivity index (χ1) is 7.27. The summed E-state index contributed by atoms with van der Waals surface area (Å²) in [5.74, 6) is 1.16. The second-order valence-corrected chi connectivity index (χ2v) is 5.19. The van der Waals surface area contributed by atoms with Gasteiger partial charge in [-0.15, -0.1) is 11.8 Å². The molecule has 1 N–H and O–H groups in total. The second-order valence-electron chi connectivity index (χ2n) is 3.47. The molecule has 0 aromatic heterocycles. The lowest BCUT2D eigenvalue weighted by molar-refractivity contribution is -0.115. The van der Waals surface area contributed by atoms with Gasteiger partial charge in [-0.25, -0.2) is 0 Å². The second kappa shape index (κ2) is 4.90. The van der Waals surface area contributed by atoms with Crippen LogP contribution in [0.1, 0.15) is 12.8 Å². The first-order valence-corrected chi connectivity index (χ1v) is 6.37. The first-order valence-electron chi connectivity index (χ1n) is 4.94. The molecule has 1 saturated heterocycles. The highest BCUT2D eigenvalue weighted by atomic mass is 35.5. The predicted molar refractivity (Wildman–Crippen MR) is 65.6 cm³/mol. The van der Waals surface area contributed by atoms with E-state index in [1.165, 1.54) is 0 Å². The van der Waals surface area contributed by atoms with Gasteiger partial charge >= 0.3 is 0 Å². The maximum Gasteiger partial charge on any atom is 0.237 e. The normalized spacial score (nSPS) is 20.2. The number of halogens is 1. The largest absolute Gasteiger partial charge is 0.324 e. The standard InChI is InChI=1S/C11H12ClNOS/c12-8-4-1-2-5-9(8)13-11(14)10-6-3-7-15-10/h1-2,4-5,10H,3,6-7H2,(H,13,14). The number of carbonyl (C=O) groups is 1. The Morgan fingerprint density at radius 1 is 1.47 bits per heavy atom. The molecule has 1 fully saturated rings. The van der Waals surface area contributed by atoms with Crippen molar-refractivity contribution in [2.45, 2.75) is 18.1 Å². The van der Waals surface area contributed by atoms with Crippen LogP contribution in [0.25, 0.3) is 0 Å². The third-order valence-corrected chi connectivity index (χ3v) is 4.06. The maximum absolute atomic E-state index is 11.8. The van der Waals surface area contributed by atoms with E-state index in [0.717, 1.165) is 18.6 Å². The fourth-order valence-corrected chi connectivity index (χ4v) is 2.90. The van der Waals surface area contributed by atoms with E-state index in [-0.39, 0.29) is 11.2 Å². The number of para-hydroxylation sites is 1. The van der Waals surface area contributed by atoms with Gasteiger partial charge in [0.05, 0.1) is 16.0 Å². The first kappa shape index (κ1) is 10.8. The van der Waals surface area contributed by atoms with E-state index in [4.69, 9.17) is 11.6 Å². The molecule has 4 heteroatoms. The monoisotopic (exact) mass is 241 g/mol. The molecule has 2 nitrogen and oxygen atoms in total. The number of rotatable bonds is 2. The minimum atomic E-state index is 0.0746. The van der Waals surface area contributed by atoms with E-state index in [1.807, 2.05) is 18.2 Å². The van der Waals surface area contributed by atoms with E-state index < -0.39 is 0 Å². The van der Waals surface area contributed by atoms with Gasteiger partial charge in [0, 0.05) is 0 Å². The average molecular weight is 242 g/mol. The summed E-state index contributed by atoms with van der Waals surface area (Å²) in [5.41, 5.74) is 0.705. The summed E-state index contributed by atoms with van der Waals surface area (Å²) in [4.78, 5) is 11.8. The van der Waals surface area contributed by atoms with Crippen LogP contribution >= 0.6 is 23.4 Å². The van der Waals surface area contributed by atoms with E-state index in [9.17, 15) is 4.79 Å². The Balaban J connectivity index is 2.02. The zero-order valence-corrected chi connectivity index (χ0v) is 9.77. The van der Waals surface area contributed by atoms with Crippen LogP contribution in [0.5, 0.6) is 0 Å². The van der Waals surface area contributed by atoms with Crippen LogP contribution in [0, 0.1) is 0 Å². The zero-order valence-electron chi connectivity index (χ0n) is 8.20. The van der Waals surface area contributed by atoms with Crippen LogP contribution < -0.4 is 5.32 Å². The molecule has 1 aliphatic heterocycles. The summed E-state index contributed by atoms with van der Waals surface area (Å²) in [6.07, 6.45) is 2.10. The van der Waals surface area contributed by atoms with Crippen molar-refractivity contribution < 1.29 is 4.79 Å². The molecule has 0 aliphatic carbocycles. The molecule has 1 aromatic rings. The number of hydrogen-bond donors (Lipinski definition) is 1. The summed E-state index contributed by atoms with van der Waals surface area (Å²) in [6.45, 7) is 0. The van der Waals surface area contributed by atoms with Crippen LogP contribution in [0.4, 0.5) is 5.69 Å². The summed E-state index contributed by atoms with van der Waals surface area (Å²) in [7, 11) is 0. The molecule has 0 bridgehead atoms. The molecule has 15 heavy (non-hydrogen) atoms. The lowest BCUT2D eigenvalue weighted by Crippen LogP contribution is -2.22. The van der Waals surface area contributed by atoms with Crippen molar-refractivity contribution in [2.75, 3.05) is 11.1 Å². The number of anilines is 1. The van der Waals surface area contributed by atoms with E-state index in [2.05, 4.69) is 5.32 Å². The van der Waals surface area contributed by atoms with Gasteiger partial charge < -0.3 is 5.32 Å². The van der Waals surface area contributed by atoms with Crippen molar-refractivity contribution in [3.63, 3.8) is 0 Å². The molecule has 1 amide bonds. The maximum atomic E-state index is 11.8. The number of thioether (sulfide) groups is 1. The topological polar surface area (TPSA) is 29.1 Å². The van der Waals surface area contributed by atoms with Gasteiger partial charge in [-0.1, -0.05) is 23.7 Å². The average Bonchev–Trinajstić information content (AvgIpc) is 2.74. The third-order valence-electron chi connectivity index (χ3n) is 2.35. The van der Waals surface area contributed by atoms with Gasteiger partial charge in [0.1, 0.15) is 0 Å². The van der Waals surface area contributed by atoms with Crippen molar-refractivity contribution in [2.24, 2.45) is 0 Å². The summed E-state index contributed by atoms with van der Waals surface area (Å²) in [5, 5.41) is 3.55. The van der Waals surface area contributed by atoms with Crippen LogP contribution in [-0.4, -0.2) is 16.9 Å². The lowest BCUT2D eigenvalue weighted by Gasteiger charge is -2.10. The van der Waals surface area contributed by atoms with Crippen LogP contribution in [-0.2, 0) is 4.79 Å². The van der Waals surface area contributed by atoms with Crippen molar-refractivity contribution in [1.82, 2.24) is 0 Å². The molecular weight excluding hydrogens is 230 g/mol. The number of nitrogens with one attached hydrogen (secondary N) is 1. The highest BCUT2D eigenvalue weighted by Gasteiger charge is 2.23. The van der Waals surface area contributed by atoms with E-state index >= 15 is 0 Å². The number of carbonyl (C=O) groups excluding carboxylic acids is 1. The SMILES string of the molecule is O=C(Nc1ccccc1Cl)C1CCCS1. The Morgan fingerprint density at radius 2 is 2.27 bits per heavy atom. The van der Waals surface area contributed by atoms with Crippen molar-refractivity contribution in [1.29, 1.82) is 0 Å². The number of hydrogen-bond acceptors (Lipinski definition) is 2. The Morgan fingerprint density at radius 3 is 2.93 bits per heavy atom. The lowest BCUT2D eigenvalue weighted by atomic mass is 10.2. The van der Waals surface area contributed by atoms with Gasteiger partial charge in [-0.2, -0.15) is 0 Å². The molecule has 1 heterocycles. The van der Waals surface area contributed by atoms with E-state index in [0.29, 0.717) is 10.7 Å². The third kappa shape index (κ3) is 2.67. The Bertz CT molecular complexity index is 363. The molecule has 0 spiro atoms.